The molecule has 0 radical (unpaired) electrons. The van der Waals surface area contributed by atoms with Crippen molar-refractivity contribution < 1.29 is 29.0 Å². The van der Waals surface area contributed by atoms with Crippen LogP contribution in [0.25, 0.3) is 0 Å². The van der Waals surface area contributed by atoms with Crippen molar-refractivity contribution in [2.45, 2.75) is 84.1 Å². The Kier molecular flexibility index (Phi) is 8.11. The van der Waals surface area contributed by atoms with Crippen LogP contribution >= 0.6 is 0 Å². The summed E-state index contributed by atoms with van der Waals surface area (Å²) in [7, 11) is 0. The predicted octanol–water partition coefficient (Wildman–Crippen LogP) is 4.45. The van der Waals surface area contributed by atoms with E-state index in [9.17, 15) is 19.5 Å². The number of benzene rings is 2. The third-order valence-electron chi connectivity index (χ3n) is 9.75. The topological polar surface area (TPSA) is 117 Å². The molecule has 7 atom stereocenters. The van der Waals surface area contributed by atoms with Gasteiger partial charge in [-0.25, -0.2) is 0 Å². The van der Waals surface area contributed by atoms with Gasteiger partial charge >= 0.3 is 0 Å². The number of para-hydroxylation sites is 1. The number of aliphatic hydroxyl groups is 1. The van der Waals surface area contributed by atoms with Crippen molar-refractivity contribution in [1.29, 1.82) is 0 Å². The quantitative estimate of drug-likeness (QED) is 0.384. The van der Waals surface area contributed by atoms with Gasteiger partial charge in [-0.05, 0) is 81.8 Å². The van der Waals surface area contributed by atoms with Crippen molar-refractivity contribution in [3.05, 3.63) is 53.6 Å². The van der Waals surface area contributed by atoms with E-state index < -0.39 is 35.1 Å². The van der Waals surface area contributed by atoms with E-state index in [1.54, 1.807) is 29.2 Å². The Bertz CT molecular complexity index is 1340. The molecule has 9 heteroatoms. The lowest BCUT2D eigenvalue weighted by atomic mass is 9.66. The number of rotatable bonds is 10. The standard InChI is InChI=1S/C33H43N3O6/c1-7-19(3)24(18-37)36-28(30(39)35-27-20(4)10-9-11-21(27)5)33-17-16-32(6,42-33)25(26(33)31(36)40)29(38)34-22-12-14-23(15-13-22)41-8-2/h9-15,19,24-26,28,37H,7-8,16-18H2,1-6H3,(H,34,38)(H,35,39)/t19-,24-,25+,26-,28?,32-,33?/m0/s1. The summed E-state index contributed by atoms with van der Waals surface area (Å²) in [6.07, 6.45) is 1.71. The molecule has 3 heterocycles. The molecule has 226 valence electrons. The van der Waals surface area contributed by atoms with Gasteiger partial charge in [0.05, 0.1) is 36.7 Å². The molecule has 0 aromatic heterocycles. The van der Waals surface area contributed by atoms with Gasteiger partial charge in [-0.3, -0.25) is 14.4 Å². The van der Waals surface area contributed by atoms with Crippen molar-refractivity contribution in [3.8, 4) is 5.75 Å². The van der Waals surface area contributed by atoms with Gasteiger partial charge in [0.25, 0.3) is 0 Å². The van der Waals surface area contributed by atoms with Crippen molar-refractivity contribution in [1.82, 2.24) is 4.90 Å². The number of amides is 3. The number of anilines is 2. The van der Waals surface area contributed by atoms with Crippen molar-refractivity contribution in [3.63, 3.8) is 0 Å². The zero-order valence-electron chi connectivity index (χ0n) is 25.4. The normalized spacial score (nSPS) is 29.3. The van der Waals surface area contributed by atoms with Gasteiger partial charge in [0, 0.05) is 11.4 Å². The third kappa shape index (κ3) is 4.76. The Labute approximate surface area is 248 Å². The number of fused-ring (bicyclic) bond motifs is 1. The minimum Gasteiger partial charge on any atom is -0.494 e. The fraction of sp³-hybridized carbons (Fsp3) is 0.545. The molecule has 2 aromatic carbocycles. The van der Waals surface area contributed by atoms with Gasteiger partial charge in [0.1, 0.15) is 17.4 Å². The number of nitrogens with one attached hydrogen (secondary N) is 2. The van der Waals surface area contributed by atoms with Crippen LogP contribution in [0, 0.1) is 31.6 Å². The number of nitrogens with zero attached hydrogens (tertiary/aromatic N) is 1. The average molecular weight is 578 g/mol. The SMILES string of the molecule is CCOc1ccc(NC(=O)[C@H]2[C@H]3C(=O)N([C@@H](CO)[C@@H](C)CC)C(C(=O)Nc4c(C)cccc4C)C34CC[C@]2(C)O4)cc1. The van der Waals surface area contributed by atoms with Gasteiger partial charge < -0.3 is 30.1 Å². The lowest BCUT2D eigenvalue weighted by molar-refractivity contribution is -0.148. The highest BCUT2D eigenvalue weighted by atomic mass is 16.5. The molecule has 3 aliphatic heterocycles. The lowest BCUT2D eigenvalue weighted by Gasteiger charge is -2.39. The van der Waals surface area contributed by atoms with Gasteiger partial charge in [-0.15, -0.1) is 0 Å². The highest BCUT2D eigenvalue weighted by Gasteiger charge is 2.78. The predicted molar refractivity (Wildman–Crippen MR) is 160 cm³/mol. The van der Waals surface area contributed by atoms with Crippen LogP contribution in [0.15, 0.2) is 42.5 Å². The van der Waals surface area contributed by atoms with Crippen LogP contribution in [-0.4, -0.2) is 64.2 Å². The summed E-state index contributed by atoms with van der Waals surface area (Å²) in [4.78, 5) is 44.3. The fourth-order valence-corrected chi connectivity index (χ4v) is 7.46. The van der Waals surface area contributed by atoms with Crippen molar-refractivity contribution in [2.24, 2.45) is 17.8 Å². The molecule has 3 fully saturated rings. The first-order chi connectivity index (χ1) is 20.0. The number of hydrogen-bond donors (Lipinski definition) is 3. The van der Waals surface area contributed by atoms with Crippen LogP contribution in [0.3, 0.4) is 0 Å². The number of aliphatic hydroxyl groups excluding tert-OH is 1. The van der Waals surface area contributed by atoms with Crippen molar-refractivity contribution >= 4 is 29.1 Å². The first kappa shape index (κ1) is 30.0. The molecule has 9 nitrogen and oxygen atoms in total. The molecule has 3 aliphatic rings. The molecular formula is C33H43N3O6. The zero-order valence-corrected chi connectivity index (χ0v) is 25.4. The molecule has 2 aromatic rings. The monoisotopic (exact) mass is 577 g/mol. The molecule has 5 rings (SSSR count). The number of hydrogen-bond acceptors (Lipinski definition) is 6. The molecule has 3 amide bonds. The molecular weight excluding hydrogens is 534 g/mol. The van der Waals surface area contributed by atoms with E-state index >= 15 is 0 Å². The van der Waals surface area contributed by atoms with Crippen LogP contribution < -0.4 is 15.4 Å². The van der Waals surface area contributed by atoms with Gasteiger partial charge in [0.2, 0.25) is 17.7 Å². The smallest absolute Gasteiger partial charge is 0.250 e. The highest BCUT2D eigenvalue weighted by molar-refractivity contribution is 6.05. The third-order valence-corrected chi connectivity index (χ3v) is 9.75. The molecule has 3 saturated heterocycles. The Hall–Kier alpha value is -3.43. The van der Waals surface area contributed by atoms with Crippen LogP contribution in [0.1, 0.15) is 58.1 Å². The number of ether oxygens (including phenoxy) is 2. The molecule has 3 N–H and O–H groups in total. The molecule has 42 heavy (non-hydrogen) atoms. The Balaban J connectivity index is 1.53. The second-order valence-electron chi connectivity index (χ2n) is 12.3. The maximum absolute atomic E-state index is 14.5. The summed E-state index contributed by atoms with van der Waals surface area (Å²) in [5, 5.41) is 16.6. The maximum atomic E-state index is 14.5. The molecule has 2 bridgehead atoms. The number of carbonyl (C=O) groups is 3. The van der Waals surface area contributed by atoms with E-state index in [1.165, 1.54) is 0 Å². The van der Waals surface area contributed by atoms with Gasteiger partial charge in [-0.1, -0.05) is 38.5 Å². The van der Waals surface area contributed by atoms with E-state index in [4.69, 9.17) is 9.47 Å². The zero-order chi connectivity index (χ0) is 30.4. The summed E-state index contributed by atoms with van der Waals surface area (Å²) in [6.45, 7) is 11.8. The van der Waals surface area contributed by atoms with E-state index in [-0.39, 0.29) is 30.2 Å². The van der Waals surface area contributed by atoms with E-state index in [1.807, 2.05) is 59.7 Å². The van der Waals surface area contributed by atoms with Crippen LogP contribution in [0.2, 0.25) is 0 Å². The van der Waals surface area contributed by atoms with Gasteiger partial charge in [0.15, 0.2) is 0 Å². The van der Waals surface area contributed by atoms with Crippen molar-refractivity contribution in [2.75, 3.05) is 23.8 Å². The van der Waals surface area contributed by atoms with E-state index in [2.05, 4.69) is 10.6 Å². The van der Waals surface area contributed by atoms with E-state index in [0.29, 0.717) is 43.0 Å². The summed E-state index contributed by atoms with van der Waals surface area (Å²) in [5.74, 6) is -2.03. The summed E-state index contributed by atoms with van der Waals surface area (Å²) in [5.41, 5.74) is 0.999. The second kappa shape index (κ2) is 11.3. The number of aryl methyl sites for hydroxylation is 2. The molecule has 2 unspecified atom stereocenters. The minimum atomic E-state index is -1.19. The average Bonchev–Trinajstić information content (AvgIpc) is 3.53. The minimum absolute atomic E-state index is 0.0754. The van der Waals surface area contributed by atoms with Crippen LogP contribution in [0.4, 0.5) is 11.4 Å². The molecule has 1 spiro atoms. The first-order valence-corrected chi connectivity index (χ1v) is 15.0. The maximum Gasteiger partial charge on any atom is 0.250 e. The number of likely N-dealkylation sites (tertiary alicyclic amines) is 1. The largest absolute Gasteiger partial charge is 0.494 e. The summed E-state index contributed by atoms with van der Waals surface area (Å²) >= 11 is 0. The molecule has 0 saturated carbocycles. The second-order valence-corrected chi connectivity index (χ2v) is 12.3. The molecule has 0 aliphatic carbocycles. The Morgan fingerprint density at radius 3 is 2.33 bits per heavy atom. The summed E-state index contributed by atoms with van der Waals surface area (Å²) in [6, 6.07) is 11.3. The Morgan fingerprint density at radius 2 is 1.74 bits per heavy atom. The fourth-order valence-electron chi connectivity index (χ4n) is 7.46. The number of carbonyl (C=O) groups excluding carboxylic acids is 3. The first-order valence-electron chi connectivity index (χ1n) is 15.0. The lowest BCUT2D eigenvalue weighted by Crippen LogP contribution is -2.57. The van der Waals surface area contributed by atoms with Crippen LogP contribution in [-0.2, 0) is 19.1 Å². The van der Waals surface area contributed by atoms with Gasteiger partial charge in [-0.2, -0.15) is 0 Å². The Morgan fingerprint density at radius 1 is 1.07 bits per heavy atom. The summed E-state index contributed by atoms with van der Waals surface area (Å²) < 4.78 is 12.3. The highest BCUT2D eigenvalue weighted by Crippen LogP contribution is 2.63. The van der Waals surface area contributed by atoms with Crippen LogP contribution in [0.5, 0.6) is 5.75 Å². The van der Waals surface area contributed by atoms with E-state index in [0.717, 1.165) is 11.1 Å².